The number of nitrogens with zero attached hydrogens (tertiary/aromatic N) is 1. The summed E-state index contributed by atoms with van der Waals surface area (Å²) in [5.41, 5.74) is 1.82. The van der Waals surface area contributed by atoms with Crippen molar-refractivity contribution in [1.82, 2.24) is 4.98 Å². The van der Waals surface area contributed by atoms with Crippen molar-refractivity contribution < 1.29 is 9.53 Å². The molecule has 4 heteroatoms. The number of aromatic nitrogens is 1. The second-order valence-electron chi connectivity index (χ2n) is 3.20. The molecular weight excluding hydrogens is 222 g/mol. The molecule has 0 radical (unpaired) electrons. The lowest BCUT2D eigenvalue weighted by atomic mass is 10.1. The van der Waals surface area contributed by atoms with Gasteiger partial charge in [0, 0.05) is 10.9 Å². The highest BCUT2D eigenvalue weighted by molar-refractivity contribution is 7.10. The summed E-state index contributed by atoms with van der Waals surface area (Å²) in [4.78, 5) is 14.8. The molecule has 1 heterocycles. The normalized spacial score (nSPS) is 10.1. The number of aldehydes is 1. The quantitative estimate of drug-likeness (QED) is 0.762. The van der Waals surface area contributed by atoms with Crippen molar-refractivity contribution in [3.05, 3.63) is 34.7 Å². The number of hydrogen-bond donors (Lipinski definition) is 0. The molecule has 16 heavy (non-hydrogen) atoms. The van der Waals surface area contributed by atoms with Crippen molar-refractivity contribution in [2.24, 2.45) is 0 Å². The number of para-hydroxylation sites is 1. The van der Waals surface area contributed by atoms with Crippen LogP contribution in [0, 0.1) is 0 Å². The first kappa shape index (κ1) is 10.8. The van der Waals surface area contributed by atoms with E-state index in [9.17, 15) is 4.79 Å². The highest BCUT2D eigenvalue weighted by Crippen LogP contribution is 2.30. The van der Waals surface area contributed by atoms with Crippen molar-refractivity contribution in [3.8, 4) is 17.0 Å². The van der Waals surface area contributed by atoms with Crippen LogP contribution in [0.1, 0.15) is 5.01 Å². The number of rotatable bonds is 4. The van der Waals surface area contributed by atoms with Crippen LogP contribution in [-0.4, -0.2) is 18.4 Å². The summed E-state index contributed by atoms with van der Waals surface area (Å²) in [6, 6.07) is 7.71. The Morgan fingerprint density at radius 3 is 3.00 bits per heavy atom. The molecule has 0 fully saturated rings. The van der Waals surface area contributed by atoms with Crippen LogP contribution in [0.15, 0.2) is 29.6 Å². The van der Waals surface area contributed by atoms with Gasteiger partial charge >= 0.3 is 0 Å². The molecule has 3 nitrogen and oxygen atoms in total. The zero-order valence-corrected chi connectivity index (χ0v) is 9.66. The van der Waals surface area contributed by atoms with Gasteiger partial charge in [0.25, 0.3) is 0 Å². The molecule has 2 aromatic rings. The Bertz CT molecular complexity index is 493. The molecule has 0 N–H and O–H groups in total. The van der Waals surface area contributed by atoms with Gasteiger partial charge in [-0.2, -0.15) is 0 Å². The molecule has 1 aromatic heterocycles. The molecule has 0 unspecified atom stereocenters. The fraction of sp³-hybridized carbons (Fsp3) is 0.167. The van der Waals surface area contributed by atoms with Gasteiger partial charge < -0.3 is 9.53 Å². The highest BCUT2D eigenvalue weighted by Gasteiger charge is 2.08. The first-order valence-corrected chi connectivity index (χ1v) is 5.74. The van der Waals surface area contributed by atoms with E-state index in [1.807, 2.05) is 29.6 Å². The number of hydrogen-bond acceptors (Lipinski definition) is 4. The maximum Gasteiger partial charge on any atom is 0.128 e. The standard InChI is InChI=1S/C12H11NO2S/c1-15-11-5-3-2-4-9(11)10-8-16-12(13-10)6-7-14/h2-5,7-8H,6H2,1H3. The van der Waals surface area contributed by atoms with E-state index in [1.165, 1.54) is 11.3 Å². The summed E-state index contributed by atoms with van der Waals surface area (Å²) in [7, 11) is 1.64. The number of carbonyl (C=O) groups is 1. The zero-order chi connectivity index (χ0) is 11.4. The summed E-state index contributed by atoms with van der Waals surface area (Å²) >= 11 is 1.49. The second kappa shape index (κ2) is 4.90. The fourth-order valence-corrected chi connectivity index (χ4v) is 2.20. The van der Waals surface area contributed by atoms with Gasteiger partial charge in [0.05, 0.1) is 19.2 Å². The molecule has 0 aliphatic rings. The van der Waals surface area contributed by atoms with E-state index in [0.717, 1.165) is 28.3 Å². The third-order valence-corrected chi connectivity index (χ3v) is 3.06. The van der Waals surface area contributed by atoms with Crippen molar-refractivity contribution >= 4 is 17.6 Å². The lowest BCUT2D eigenvalue weighted by Gasteiger charge is -2.04. The second-order valence-corrected chi connectivity index (χ2v) is 4.14. The van der Waals surface area contributed by atoms with E-state index >= 15 is 0 Å². The van der Waals surface area contributed by atoms with E-state index in [0.29, 0.717) is 6.42 Å². The SMILES string of the molecule is COc1ccccc1-c1csc(CC=O)n1. The molecular formula is C12H11NO2S. The molecule has 0 spiro atoms. The lowest BCUT2D eigenvalue weighted by Crippen LogP contribution is -1.88. The third kappa shape index (κ3) is 2.12. The Morgan fingerprint density at radius 2 is 2.25 bits per heavy atom. The smallest absolute Gasteiger partial charge is 0.128 e. The van der Waals surface area contributed by atoms with Gasteiger partial charge in [-0.25, -0.2) is 4.98 Å². The average molecular weight is 233 g/mol. The minimum Gasteiger partial charge on any atom is -0.496 e. The number of benzene rings is 1. The Morgan fingerprint density at radius 1 is 1.44 bits per heavy atom. The molecule has 82 valence electrons. The van der Waals surface area contributed by atoms with E-state index in [1.54, 1.807) is 7.11 Å². The van der Waals surface area contributed by atoms with Crippen molar-refractivity contribution in [3.63, 3.8) is 0 Å². The summed E-state index contributed by atoms with van der Waals surface area (Å²) in [6.07, 6.45) is 1.24. The van der Waals surface area contributed by atoms with Gasteiger partial charge in [0.2, 0.25) is 0 Å². The minimum atomic E-state index is 0.375. The fourth-order valence-electron chi connectivity index (χ4n) is 1.46. The molecule has 1 aromatic carbocycles. The van der Waals surface area contributed by atoms with Crippen molar-refractivity contribution in [2.75, 3.05) is 7.11 Å². The molecule has 0 atom stereocenters. The monoisotopic (exact) mass is 233 g/mol. The molecule has 0 aliphatic carbocycles. The van der Waals surface area contributed by atoms with Crippen LogP contribution >= 0.6 is 11.3 Å². The van der Waals surface area contributed by atoms with Crippen molar-refractivity contribution in [1.29, 1.82) is 0 Å². The average Bonchev–Trinajstić information content (AvgIpc) is 2.78. The molecule has 0 aliphatic heterocycles. The summed E-state index contributed by atoms with van der Waals surface area (Å²) in [6.45, 7) is 0. The van der Waals surface area contributed by atoms with Crippen LogP contribution in [0.4, 0.5) is 0 Å². The number of methoxy groups -OCH3 is 1. The predicted molar refractivity (Wildman–Crippen MR) is 63.9 cm³/mol. The van der Waals surface area contributed by atoms with Crippen molar-refractivity contribution in [2.45, 2.75) is 6.42 Å². The Kier molecular flexibility index (Phi) is 3.31. The highest BCUT2D eigenvalue weighted by atomic mass is 32.1. The molecule has 2 rings (SSSR count). The molecule has 0 amide bonds. The van der Waals surface area contributed by atoms with Crippen LogP contribution < -0.4 is 4.74 Å². The zero-order valence-electron chi connectivity index (χ0n) is 8.84. The minimum absolute atomic E-state index is 0.375. The third-order valence-electron chi connectivity index (χ3n) is 2.19. The van der Waals surface area contributed by atoms with Gasteiger partial charge in [-0.3, -0.25) is 0 Å². The van der Waals surface area contributed by atoms with E-state index in [4.69, 9.17) is 4.74 Å². The first-order valence-electron chi connectivity index (χ1n) is 4.86. The first-order chi connectivity index (χ1) is 7.85. The molecule has 0 bridgehead atoms. The maximum atomic E-state index is 10.4. The summed E-state index contributed by atoms with van der Waals surface area (Å²) < 4.78 is 5.26. The Labute approximate surface area is 97.7 Å². The van der Waals surface area contributed by atoms with E-state index in [2.05, 4.69) is 4.98 Å². The van der Waals surface area contributed by atoms with Gasteiger partial charge in [-0.1, -0.05) is 12.1 Å². The Hall–Kier alpha value is -1.68. The van der Waals surface area contributed by atoms with E-state index < -0.39 is 0 Å². The number of ether oxygens (including phenoxy) is 1. The van der Waals surface area contributed by atoms with Gasteiger partial charge in [-0.15, -0.1) is 11.3 Å². The van der Waals surface area contributed by atoms with Crippen LogP contribution in [0.3, 0.4) is 0 Å². The molecule has 0 saturated heterocycles. The number of thiazole rings is 1. The van der Waals surface area contributed by atoms with Gasteiger partial charge in [0.1, 0.15) is 17.0 Å². The van der Waals surface area contributed by atoms with Crippen LogP contribution in [0.2, 0.25) is 0 Å². The van der Waals surface area contributed by atoms with Gasteiger partial charge in [-0.05, 0) is 12.1 Å². The predicted octanol–water partition coefficient (Wildman–Crippen LogP) is 2.56. The Balaban J connectivity index is 2.38. The lowest BCUT2D eigenvalue weighted by molar-refractivity contribution is -0.107. The summed E-state index contributed by atoms with van der Waals surface area (Å²) in [5, 5.41) is 2.77. The number of carbonyl (C=O) groups excluding carboxylic acids is 1. The largest absolute Gasteiger partial charge is 0.496 e. The van der Waals surface area contributed by atoms with Gasteiger partial charge in [0.15, 0.2) is 0 Å². The summed E-state index contributed by atoms with van der Waals surface area (Å²) in [5.74, 6) is 0.797. The van der Waals surface area contributed by atoms with E-state index in [-0.39, 0.29) is 0 Å². The topological polar surface area (TPSA) is 39.2 Å². The van der Waals surface area contributed by atoms with Crippen LogP contribution in [0.5, 0.6) is 5.75 Å². The van der Waals surface area contributed by atoms with Crippen LogP contribution in [-0.2, 0) is 11.2 Å². The van der Waals surface area contributed by atoms with Crippen LogP contribution in [0.25, 0.3) is 11.3 Å². The molecule has 0 saturated carbocycles. The maximum absolute atomic E-state index is 10.4.